The number of rotatable bonds is 2. The maximum atomic E-state index is 5.81. The van der Waals surface area contributed by atoms with Crippen LogP contribution in [-0.4, -0.2) is 30.1 Å². The highest BCUT2D eigenvalue weighted by molar-refractivity contribution is 5.60. The van der Waals surface area contributed by atoms with Gasteiger partial charge in [0.25, 0.3) is 0 Å². The van der Waals surface area contributed by atoms with E-state index in [1.165, 1.54) is 0 Å². The maximum absolute atomic E-state index is 5.81. The third-order valence-corrected chi connectivity index (χ3v) is 3.71. The Labute approximate surface area is 116 Å². The standard InChI is InChI=1S/C14H15N3O3/c1-2-10(7-15-5-1)14-17-16-13(20-14)9-3-4-11-12(6-9)19-8-18-11/h3-4,6,10,15H,1-2,5,7-8H2. The van der Waals surface area contributed by atoms with Crippen molar-refractivity contribution in [2.24, 2.45) is 0 Å². The Morgan fingerprint density at radius 2 is 2.10 bits per heavy atom. The van der Waals surface area contributed by atoms with Crippen molar-refractivity contribution in [1.82, 2.24) is 15.5 Å². The van der Waals surface area contributed by atoms with Crippen LogP contribution in [0.4, 0.5) is 0 Å². The van der Waals surface area contributed by atoms with Crippen LogP contribution in [0.25, 0.3) is 11.5 Å². The molecule has 1 aromatic heterocycles. The topological polar surface area (TPSA) is 69.4 Å². The summed E-state index contributed by atoms with van der Waals surface area (Å²) in [5, 5.41) is 11.7. The normalized spacial score (nSPS) is 21.1. The molecule has 1 atom stereocenters. The molecule has 6 nitrogen and oxygen atoms in total. The third-order valence-electron chi connectivity index (χ3n) is 3.71. The number of ether oxygens (including phenoxy) is 2. The number of hydrogen-bond acceptors (Lipinski definition) is 6. The van der Waals surface area contributed by atoms with Crippen LogP contribution in [0.5, 0.6) is 11.5 Å². The third kappa shape index (κ3) is 2.02. The lowest BCUT2D eigenvalue weighted by Gasteiger charge is -2.18. The minimum Gasteiger partial charge on any atom is -0.454 e. The summed E-state index contributed by atoms with van der Waals surface area (Å²) in [6, 6.07) is 5.65. The second-order valence-electron chi connectivity index (χ2n) is 5.06. The van der Waals surface area contributed by atoms with Crippen molar-refractivity contribution in [3.8, 4) is 23.0 Å². The lowest BCUT2D eigenvalue weighted by Crippen LogP contribution is -2.28. The van der Waals surface area contributed by atoms with Crippen molar-refractivity contribution in [3.63, 3.8) is 0 Å². The lowest BCUT2D eigenvalue weighted by atomic mass is 10.00. The van der Waals surface area contributed by atoms with Gasteiger partial charge in [0, 0.05) is 18.0 Å². The van der Waals surface area contributed by atoms with E-state index in [2.05, 4.69) is 15.5 Å². The SMILES string of the molecule is c1cc2c(cc1-c1nnc(C3CCCNC3)o1)OCO2. The molecule has 1 fully saturated rings. The van der Waals surface area contributed by atoms with Crippen LogP contribution in [0.3, 0.4) is 0 Å². The van der Waals surface area contributed by atoms with Crippen molar-refractivity contribution < 1.29 is 13.9 Å². The fourth-order valence-corrected chi connectivity index (χ4v) is 2.61. The van der Waals surface area contributed by atoms with Crippen LogP contribution in [0.2, 0.25) is 0 Å². The van der Waals surface area contributed by atoms with E-state index < -0.39 is 0 Å². The Morgan fingerprint density at radius 3 is 3.00 bits per heavy atom. The van der Waals surface area contributed by atoms with Crippen molar-refractivity contribution in [1.29, 1.82) is 0 Å². The fraction of sp³-hybridized carbons (Fsp3) is 0.429. The first-order valence-electron chi connectivity index (χ1n) is 6.84. The molecule has 1 unspecified atom stereocenters. The highest BCUT2D eigenvalue weighted by atomic mass is 16.7. The number of benzene rings is 1. The summed E-state index contributed by atoms with van der Waals surface area (Å²) in [6.07, 6.45) is 2.24. The molecule has 2 aromatic rings. The molecule has 1 aromatic carbocycles. The van der Waals surface area contributed by atoms with Gasteiger partial charge in [0.1, 0.15) is 0 Å². The summed E-state index contributed by atoms with van der Waals surface area (Å²) in [5.41, 5.74) is 0.858. The number of nitrogens with one attached hydrogen (secondary N) is 1. The van der Waals surface area contributed by atoms with E-state index in [0.717, 1.165) is 43.0 Å². The Morgan fingerprint density at radius 1 is 1.15 bits per heavy atom. The van der Waals surface area contributed by atoms with Crippen LogP contribution >= 0.6 is 0 Å². The van der Waals surface area contributed by atoms with Crippen molar-refractivity contribution in [2.75, 3.05) is 19.9 Å². The fourth-order valence-electron chi connectivity index (χ4n) is 2.61. The molecule has 0 saturated carbocycles. The smallest absolute Gasteiger partial charge is 0.247 e. The minimum absolute atomic E-state index is 0.265. The Kier molecular flexibility index (Phi) is 2.81. The van der Waals surface area contributed by atoms with E-state index in [1.807, 2.05) is 18.2 Å². The average Bonchev–Trinajstić information content (AvgIpc) is 3.16. The summed E-state index contributed by atoms with van der Waals surface area (Å²) >= 11 is 0. The van der Waals surface area contributed by atoms with E-state index in [1.54, 1.807) is 0 Å². The molecule has 0 aliphatic carbocycles. The molecule has 1 saturated heterocycles. The molecule has 2 aliphatic heterocycles. The second-order valence-corrected chi connectivity index (χ2v) is 5.06. The first-order chi connectivity index (χ1) is 9.90. The molecule has 4 rings (SSSR count). The van der Waals surface area contributed by atoms with Crippen LogP contribution in [0, 0.1) is 0 Å². The highest BCUT2D eigenvalue weighted by Gasteiger charge is 2.22. The molecule has 0 radical (unpaired) electrons. The van der Waals surface area contributed by atoms with Gasteiger partial charge < -0.3 is 19.2 Å². The first-order valence-corrected chi connectivity index (χ1v) is 6.84. The molecule has 0 amide bonds. The van der Waals surface area contributed by atoms with Gasteiger partial charge in [-0.2, -0.15) is 0 Å². The van der Waals surface area contributed by atoms with Gasteiger partial charge in [-0.05, 0) is 37.6 Å². The van der Waals surface area contributed by atoms with Gasteiger partial charge in [-0.15, -0.1) is 10.2 Å². The quantitative estimate of drug-likeness (QED) is 0.901. The molecule has 1 N–H and O–H groups in total. The van der Waals surface area contributed by atoms with Gasteiger partial charge in [0.05, 0.1) is 0 Å². The monoisotopic (exact) mass is 273 g/mol. The van der Waals surface area contributed by atoms with E-state index in [0.29, 0.717) is 17.7 Å². The largest absolute Gasteiger partial charge is 0.454 e. The average molecular weight is 273 g/mol. The Hall–Kier alpha value is -2.08. The predicted octanol–water partition coefficient (Wildman–Crippen LogP) is 1.93. The zero-order valence-corrected chi connectivity index (χ0v) is 11.0. The number of hydrogen-bond donors (Lipinski definition) is 1. The minimum atomic E-state index is 0.265. The highest BCUT2D eigenvalue weighted by Crippen LogP contribution is 2.36. The first kappa shape index (κ1) is 11.7. The molecular weight excluding hydrogens is 258 g/mol. The van der Waals surface area contributed by atoms with E-state index in [4.69, 9.17) is 13.9 Å². The van der Waals surface area contributed by atoms with E-state index in [9.17, 15) is 0 Å². The molecule has 6 heteroatoms. The predicted molar refractivity (Wildman–Crippen MR) is 70.7 cm³/mol. The van der Waals surface area contributed by atoms with Gasteiger partial charge in [-0.3, -0.25) is 0 Å². The van der Waals surface area contributed by atoms with Gasteiger partial charge in [0.15, 0.2) is 11.5 Å². The summed E-state index contributed by atoms with van der Waals surface area (Å²) in [5.74, 6) is 3.04. The van der Waals surface area contributed by atoms with Crippen molar-refractivity contribution in [2.45, 2.75) is 18.8 Å². The second kappa shape index (κ2) is 4.79. The molecule has 104 valence electrons. The van der Waals surface area contributed by atoms with Gasteiger partial charge in [-0.1, -0.05) is 0 Å². The summed E-state index contributed by atoms with van der Waals surface area (Å²) < 4.78 is 16.5. The zero-order valence-electron chi connectivity index (χ0n) is 11.0. The number of aromatic nitrogens is 2. The molecule has 2 aliphatic rings. The van der Waals surface area contributed by atoms with Gasteiger partial charge in [0.2, 0.25) is 18.6 Å². The van der Waals surface area contributed by atoms with Crippen LogP contribution in [0.15, 0.2) is 22.6 Å². The summed E-state index contributed by atoms with van der Waals surface area (Å²) in [7, 11) is 0. The van der Waals surface area contributed by atoms with Crippen molar-refractivity contribution in [3.05, 3.63) is 24.1 Å². The van der Waals surface area contributed by atoms with Crippen molar-refractivity contribution >= 4 is 0 Å². The molecule has 3 heterocycles. The lowest BCUT2D eigenvalue weighted by molar-refractivity contribution is 0.174. The van der Waals surface area contributed by atoms with Gasteiger partial charge in [-0.25, -0.2) is 0 Å². The molecule has 20 heavy (non-hydrogen) atoms. The number of piperidine rings is 1. The molecule has 0 spiro atoms. The Bertz CT molecular complexity index is 620. The summed E-state index contributed by atoms with van der Waals surface area (Å²) in [4.78, 5) is 0. The number of fused-ring (bicyclic) bond motifs is 1. The van der Waals surface area contributed by atoms with E-state index in [-0.39, 0.29) is 6.79 Å². The Balaban J connectivity index is 1.61. The molecular formula is C14H15N3O3. The van der Waals surface area contributed by atoms with Crippen LogP contribution in [0.1, 0.15) is 24.7 Å². The number of nitrogens with zero attached hydrogens (tertiary/aromatic N) is 2. The zero-order chi connectivity index (χ0) is 13.4. The summed E-state index contributed by atoms with van der Waals surface area (Å²) in [6.45, 7) is 2.24. The molecule has 0 bridgehead atoms. The van der Waals surface area contributed by atoms with E-state index >= 15 is 0 Å². The maximum Gasteiger partial charge on any atom is 0.247 e. The van der Waals surface area contributed by atoms with Crippen LogP contribution < -0.4 is 14.8 Å². The van der Waals surface area contributed by atoms with Gasteiger partial charge >= 0.3 is 0 Å². The van der Waals surface area contributed by atoms with Crippen LogP contribution in [-0.2, 0) is 0 Å².